The van der Waals surface area contributed by atoms with E-state index >= 15 is 0 Å². The summed E-state index contributed by atoms with van der Waals surface area (Å²) in [6.45, 7) is 0. The molecule has 1 aromatic rings. The van der Waals surface area contributed by atoms with Crippen molar-refractivity contribution < 1.29 is 5.11 Å². The van der Waals surface area contributed by atoms with E-state index in [1.165, 1.54) is 19.3 Å². The summed E-state index contributed by atoms with van der Waals surface area (Å²) in [5.74, 6) is 0.438. The van der Waals surface area contributed by atoms with Crippen LogP contribution in [0.5, 0.6) is 5.75 Å². The predicted octanol–water partition coefficient (Wildman–Crippen LogP) is 4.70. The van der Waals surface area contributed by atoms with Gasteiger partial charge in [0.15, 0.2) is 5.75 Å². The van der Waals surface area contributed by atoms with Gasteiger partial charge < -0.3 is 10.8 Å². The highest BCUT2D eigenvalue weighted by Crippen LogP contribution is 2.38. The molecular weight excluding hydrogens is 293 g/mol. The Morgan fingerprint density at radius 1 is 1.11 bits per heavy atom. The minimum atomic E-state index is -0.0621. The Hall–Kier alpha value is -0.150. The van der Waals surface area contributed by atoms with E-state index in [0.29, 0.717) is 5.92 Å². The Morgan fingerprint density at radius 3 is 2.11 bits per heavy atom. The second-order valence-corrected chi connectivity index (χ2v) is 5.57. The topological polar surface area (TPSA) is 46.2 Å². The molecule has 102 valence electrons. The number of halogens is 3. The van der Waals surface area contributed by atoms with Gasteiger partial charge in [0.2, 0.25) is 0 Å². The Kier molecular flexibility index (Phi) is 6.06. The third-order valence-corrected chi connectivity index (χ3v) is 4.16. The highest BCUT2D eigenvalue weighted by molar-refractivity contribution is 6.37. The Bertz CT molecular complexity index is 382. The van der Waals surface area contributed by atoms with Crippen molar-refractivity contribution in [3.8, 4) is 5.75 Å². The average molecular weight is 311 g/mol. The summed E-state index contributed by atoms with van der Waals surface area (Å²) in [6, 6.07) is 3.41. The fraction of sp³-hybridized carbons (Fsp3) is 0.538. The number of phenolic OH excluding ortho intramolecular Hbond substituents is 1. The van der Waals surface area contributed by atoms with Gasteiger partial charge >= 0.3 is 0 Å². The molecule has 0 saturated heterocycles. The van der Waals surface area contributed by atoms with Crippen molar-refractivity contribution in [3.05, 3.63) is 27.7 Å². The highest BCUT2D eigenvalue weighted by Gasteiger charge is 2.23. The van der Waals surface area contributed by atoms with Crippen molar-refractivity contribution in [1.82, 2.24) is 0 Å². The van der Waals surface area contributed by atoms with Gasteiger partial charge in [0.25, 0.3) is 0 Å². The standard InChI is InChI=1S/C13H17Cl2NO.ClH/c14-10-6-9(7-11(15)13(10)17)12(16)8-4-2-1-3-5-8;/h6-8,12,17H,1-5,16H2;1H/t12-;/m0./s1. The molecule has 0 radical (unpaired) electrons. The summed E-state index contributed by atoms with van der Waals surface area (Å²) in [7, 11) is 0. The second-order valence-electron chi connectivity index (χ2n) is 4.76. The first-order valence-electron chi connectivity index (χ1n) is 6.03. The Balaban J connectivity index is 0.00000162. The second kappa shape index (κ2) is 6.85. The van der Waals surface area contributed by atoms with Gasteiger partial charge in [0.1, 0.15) is 0 Å². The number of nitrogens with two attached hydrogens (primary N) is 1. The van der Waals surface area contributed by atoms with Crippen LogP contribution in [0.25, 0.3) is 0 Å². The Morgan fingerprint density at radius 2 is 1.61 bits per heavy atom. The molecule has 2 nitrogen and oxygen atoms in total. The normalized spacial score (nSPS) is 18.2. The van der Waals surface area contributed by atoms with Crippen LogP contribution in [0, 0.1) is 5.92 Å². The van der Waals surface area contributed by atoms with E-state index in [2.05, 4.69) is 0 Å². The summed E-state index contributed by atoms with van der Waals surface area (Å²) in [5, 5.41) is 10.1. The molecule has 1 aromatic carbocycles. The number of hydrogen-bond acceptors (Lipinski definition) is 2. The fourth-order valence-electron chi connectivity index (χ4n) is 2.54. The SMILES string of the molecule is Cl.N[C@H](c1cc(Cl)c(O)c(Cl)c1)C1CCCCC1. The lowest BCUT2D eigenvalue weighted by molar-refractivity contribution is 0.308. The minimum absolute atomic E-state index is 0. The molecule has 1 aliphatic carbocycles. The average Bonchev–Trinajstić information content (AvgIpc) is 2.35. The summed E-state index contributed by atoms with van der Waals surface area (Å²) in [4.78, 5) is 0. The Labute approximate surface area is 124 Å². The molecular formula is C13H18Cl3NO. The summed E-state index contributed by atoms with van der Waals surface area (Å²) < 4.78 is 0. The quantitative estimate of drug-likeness (QED) is 0.831. The molecule has 0 bridgehead atoms. The molecule has 0 unspecified atom stereocenters. The number of rotatable bonds is 2. The highest BCUT2D eigenvalue weighted by atomic mass is 35.5. The maximum absolute atomic E-state index is 9.52. The van der Waals surface area contributed by atoms with E-state index in [1.807, 2.05) is 0 Å². The number of phenols is 1. The molecule has 0 heterocycles. The molecule has 1 atom stereocenters. The first-order chi connectivity index (χ1) is 8.09. The van der Waals surface area contributed by atoms with Crippen molar-refractivity contribution >= 4 is 35.6 Å². The van der Waals surface area contributed by atoms with Crippen LogP contribution in [-0.4, -0.2) is 5.11 Å². The zero-order valence-corrected chi connectivity index (χ0v) is 12.4. The van der Waals surface area contributed by atoms with Crippen molar-refractivity contribution in [2.24, 2.45) is 11.7 Å². The van der Waals surface area contributed by atoms with Crippen LogP contribution in [0.2, 0.25) is 10.0 Å². The summed E-state index contributed by atoms with van der Waals surface area (Å²) in [5.41, 5.74) is 7.18. The molecule has 0 aromatic heterocycles. The van der Waals surface area contributed by atoms with Crippen LogP contribution in [0.3, 0.4) is 0 Å². The molecule has 2 rings (SSSR count). The van der Waals surface area contributed by atoms with Crippen molar-refractivity contribution in [3.63, 3.8) is 0 Å². The maximum Gasteiger partial charge on any atom is 0.152 e. The molecule has 1 fully saturated rings. The van der Waals surface area contributed by atoms with E-state index in [-0.39, 0.29) is 34.2 Å². The third-order valence-electron chi connectivity index (χ3n) is 3.58. The minimum Gasteiger partial charge on any atom is -0.505 e. The zero-order chi connectivity index (χ0) is 12.4. The van der Waals surface area contributed by atoms with Gasteiger partial charge in [-0.25, -0.2) is 0 Å². The largest absolute Gasteiger partial charge is 0.505 e. The summed E-state index contributed by atoms with van der Waals surface area (Å²) in [6.07, 6.45) is 6.13. The zero-order valence-electron chi connectivity index (χ0n) is 10.0. The van der Waals surface area contributed by atoms with Crippen LogP contribution >= 0.6 is 35.6 Å². The van der Waals surface area contributed by atoms with Crippen LogP contribution in [0.4, 0.5) is 0 Å². The van der Waals surface area contributed by atoms with Crippen LogP contribution in [-0.2, 0) is 0 Å². The molecule has 0 aliphatic heterocycles. The monoisotopic (exact) mass is 309 g/mol. The maximum atomic E-state index is 9.52. The van der Waals surface area contributed by atoms with Crippen LogP contribution in [0.1, 0.15) is 43.7 Å². The van der Waals surface area contributed by atoms with E-state index < -0.39 is 0 Å². The lowest BCUT2D eigenvalue weighted by Crippen LogP contribution is -2.23. The van der Waals surface area contributed by atoms with Crippen molar-refractivity contribution in [2.75, 3.05) is 0 Å². The molecule has 0 amide bonds. The molecule has 18 heavy (non-hydrogen) atoms. The number of benzene rings is 1. The lowest BCUT2D eigenvalue weighted by atomic mass is 9.81. The van der Waals surface area contributed by atoms with Gasteiger partial charge in [-0.2, -0.15) is 0 Å². The molecule has 0 spiro atoms. The van der Waals surface area contributed by atoms with Crippen LogP contribution in [0.15, 0.2) is 12.1 Å². The van der Waals surface area contributed by atoms with Gasteiger partial charge in [-0.3, -0.25) is 0 Å². The first kappa shape index (κ1) is 15.9. The van der Waals surface area contributed by atoms with E-state index in [4.69, 9.17) is 28.9 Å². The predicted molar refractivity (Wildman–Crippen MR) is 78.9 cm³/mol. The van der Waals surface area contributed by atoms with E-state index in [1.54, 1.807) is 12.1 Å². The molecule has 5 heteroatoms. The fourth-order valence-corrected chi connectivity index (χ4v) is 3.05. The number of aromatic hydroxyl groups is 1. The van der Waals surface area contributed by atoms with E-state index in [9.17, 15) is 5.11 Å². The number of hydrogen-bond donors (Lipinski definition) is 2. The lowest BCUT2D eigenvalue weighted by Gasteiger charge is -2.28. The van der Waals surface area contributed by atoms with Crippen molar-refractivity contribution in [1.29, 1.82) is 0 Å². The van der Waals surface area contributed by atoms with Gasteiger partial charge in [-0.1, -0.05) is 42.5 Å². The third kappa shape index (κ3) is 3.45. The van der Waals surface area contributed by atoms with Gasteiger partial charge in [0, 0.05) is 6.04 Å². The van der Waals surface area contributed by atoms with Gasteiger partial charge in [0.05, 0.1) is 10.0 Å². The van der Waals surface area contributed by atoms with Crippen LogP contribution < -0.4 is 5.73 Å². The first-order valence-corrected chi connectivity index (χ1v) is 6.78. The van der Waals surface area contributed by atoms with Crippen molar-refractivity contribution in [2.45, 2.75) is 38.1 Å². The molecule has 3 N–H and O–H groups in total. The molecule has 1 saturated carbocycles. The smallest absolute Gasteiger partial charge is 0.152 e. The van der Waals surface area contributed by atoms with E-state index in [0.717, 1.165) is 18.4 Å². The van der Waals surface area contributed by atoms with Gasteiger partial charge in [-0.15, -0.1) is 12.4 Å². The molecule has 1 aliphatic rings. The summed E-state index contributed by atoms with van der Waals surface area (Å²) >= 11 is 11.8. The van der Waals surface area contributed by atoms with Gasteiger partial charge in [-0.05, 0) is 36.5 Å².